The van der Waals surface area contributed by atoms with Crippen LogP contribution in [0.3, 0.4) is 0 Å². The highest BCUT2D eigenvalue weighted by Crippen LogP contribution is 2.36. The molecule has 7 nitrogen and oxygen atoms in total. The number of hydrogen-bond donors (Lipinski definition) is 2. The summed E-state index contributed by atoms with van der Waals surface area (Å²) in [6.07, 6.45) is -1.48. The van der Waals surface area contributed by atoms with E-state index in [1.807, 2.05) is 12.1 Å². The van der Waals surface area contributed by atoms with Crippen LogP contribution in [0.1, 0.15) is 24.0 Å². The van der Waals surface area contributed by atoms with Gasteiger partial charge in [0.05, 0.1) is 36.9 Å². The van der Waals surface area contributed by atoms with E-state index in [9.17, 15) is 22.4 Å². The van der Waals surface area contributed by atoms with E-state index in [4.69, 9.17) is 9.47 Å². The Morgan fingerprint density at radius 2 is 1.78 bits per heavy atom. The summed E-state index contributed by atoms with van der Waals surface area (Å²) in [4.78, 5) is 21.3. The number of aromatic nitrogens is 2. The number of ether oxygens (including phenoxy) is 2. The normalized spacial score (nSPS) is 14.2. The molecule has 0 atom stereocenters. The first-order chi connectivity index (χ1) is 19.7. The summed E-state index contributed by atoms with van der Waals surface area (Å²) in [7, 11) is 1.58. The number of fused-ring (bicyclic) bond motifs is 1. The van der Waals surface area contributed by atoms with Crippen LogP contribution in [-0.2, 0) is 17.4 Å². The maximum Gasteiger partial charge on any atom is 0.419 e. The zero-order valence-electron chi connectivity index (χ0n) is 22.2. The van der Waals surface area contributed by atoms with E-state index in [0.29, 0.717) is 47.0 Å². The Labute approximate surface area is 233 Å². The molecule has 1 aliphatic rings. The fourth-order valence-corrected chi connectivity index (χ4v) is 4.82. The van der Waals surface area contributed by atoms with Gasteiger partial charge in [-0.2, -0.15) is 13.2 Å². The van der Waals surface area contributed by atoms with E-state index in [1.54, 1.807) is 31.4 Å². The third kappa shape index (κ3) is 6.74. The maximum atomic E-state index is 13.8. The van der Waals surface area contributed by atoms with Gasteiger partial charge in [0, 0.05) is 22.7 Å². The van der Waals surface area contributed by atoms with Crippen LogP contribution in [0.15, 0.2) is 60.9 Å². The number of piperidine rings is 1. The third-order valence-electron chi connectivity index (χ3n) is 7.00. The number of methoxy groups -OCH3 is 1. The first kappa shape index (κ1) is 28.3. The Balaban J connectivity index is 1.29. The highest BCUT2D eigenvalue weighted by molar-refractivity contribution is 5.95. The number of amides is 1. The quantitative estimate of drug-likeness (QED) is 0.253. The van der Waals surface area contributed by atoms with Crippen molar-refractivity contribution in [3.63, 3.8) is 0 Å². The largest absolute Gasteiger partial charge is 0.493 e. The van der Waals surface area contributed by atoms with Crippen LogP contribution in [-0.4, -0.2) is 42.7 Å². The first-order valence-corrected chi connectivity index (χ1v) is 13.1. The summed E-state index contributed by atoms with van der Waals surface area (Å²) in [6.45, 7) is 2.57. The van der Waals surface area contributed by atoms with Crippen molar-refractivity contribution in [2.75, 3.05) is 32.1 Å². The molecule has 11 heteroatoms. The third-order valence-corrected chi connectivity index (χ3v) is 7.00. The topological polar surface area (TPSA) is 85.4 Å². The molecule has 41 heavy (non-hydrogen) atoms. The zero-order valence-corrected chi connectivity index (χ0v) is 22.2. The molecular weight excluding hydrogens is 540 g/mol. The molecule has 5 rings (SSSR count). The number of benzene rings is 3. The number of carbonyl (C=O) groups excluding carboxylic acids is 1. The summed E-state index contributed by atoms with van der Waals surface area (Å²) < 4.78 is 63.9. The molecule has 1 fully saturated rings. The van der Waals surface area contributed by atoms with Crippen molar-refractivity contribution >= 4 is 22.5 Å². The lowest BCUT2D eigenvalue weighted by Crippen LogP contribution is -2.30. The van der Waals surface area contributed by atoms with Crippen LogP contribution in [0.2, 0.25) is 0 Å². The average molecular weight is 569 g/mol. The standard InChI is InChI=1S/C30H28F4N4O3/c1-40-26-14-22-25(15-27(26)41-16-18-8-10-35-11-9-18)36-17-37-29(22)20-3-5-21(6-4-20)38-28(39)13-19-2-7-23(24(31)12-19)30(32,33)34/h2-7,12,14-15,17-18,35H,8-11,13,16H2,1H3,(H,38,39). The monoisotopic (exact) mass is 568 g/mol. The summed E-state index contributed by atoms with van der Waals surface area (Å²) in [5.74, 6) is -0.236. The molecule has 2 heterocycles. The summed E-state index contributed by atoms with van der Waals surface area (Å²) in [5, 5.41) is 6.79. The number of hydrogen-bond acceptors (Lipinski definition) is 6. The Hall–Kier alpha value is -4.25. The fourth-order valence-electron chi connectivity index (χ4n) is 4.82. The minimum atomic E-state index is -4.80. The van der Waals surface area contributed by atoms with Crippen molar-refractivity contribution < 1.29 is 31.8 Å². The molecule has 0 unspecified atom stereocenters. The van der Waals surface area contributed by atoms with Crippen LogP contribution < -0.4 is 20.1 Å². The predicted octanol–water partition coefficient (Wildman–Crippen LogP) is 6.02. The van der Waals surface area contributed by atoms with Crippen molar-refractivity contribution in [2.24, 2.45) is 5.92 Å². The molecule has 0 aliphatic carbocycles. The fraction of sp³-hybridized carbons (Fsp3) is 0.300. The summed E-state index contributed by atoms with van der Waals surface area (Å²) in [5.41, 5.74) is 1.35. The summed E-state index contributed by atoms with van der Waals surface area (Å²) in [6, 6.07) is 13.1. The van der Waals surface area contributed by atoms with Gasteiger partial charge in [0.1, 0.15) is 12.1 Å². The van der Waals surface area contributed by atoms with E-state index < -0.39 is 23.5 Å². The van der Waals surface area contributed by atoms with E-state index in [0.717, 1.165) is 49.0 Å². The lowest BCUT2D eigenvalue weighted by Gasteiger charge is -2.23. The van der Waals surface area contributed by atoms with E-state index in [1.165, 1.54) is 6.33 Å². The molecule has 0 radical (unpaired) electrons. The highest BCUT2D eigenvalue weighted by Gasteiger charge is 2.34. The number of carbonyl (C=O) groups is 1. The summed E-state index contributed by atoms with van der Waals surface area (Å²) >= 11 is 0. The average Bonchev–Trinajstić information content (AvgIpc) is 2.95. The van der Waals surface area contributed by atoms with E-state index in [2.05, 4.69) is 20.6 Å². The minimum absolute atomic E-state index is 0.130. The maximum absolute atomic E-state index is 13.8. The van der Waals surface area contributed by atoms with Gasteiger partial charge in [-0.25, -0.2) is 14.4 Å². The molecule has 1 aliphatic heterocycles. The molecular formula is C30H28F4N4O3. The number of halogens is 4. The van der Waals surface area contributed by atoms with E-state index >= 15 is 0 Å². The molecule has 1 amide bonds. The van der Waals surface area contributed by atoms with Gasteiger partial charge in [0.25, 0.3) is 0 Å². The Morgan fingerprint density at radius 1 is 1.02 bits per heavy atom. The second-order valence-corrected chi connectivity index (χ2v) is 9.86. The van der Waals surface area contributed by atoms with Crippen molar-refractivity contribution in [1.29, 1.82) is 0 Å². The van der Waals surface area contributed by atoms with Crippen LogP contribution in [0.4, 0.5) is 23.2 Å². The van der Waals surface area contributed by atoms with Gasteiger partial charge in [0.15, 0.2) is 11.5 Å². The number of anilines is 1. The highest BCUT2D eigenvalue weighted by atomic mass is 19.4. The van der Waals surface area contributed by atoms with Gasteiger partial charge in [0.2, 0.25) is 5.91 Å². The minimum Gasteiger partial charge on any atom is -0.493 e. The lowest BCUT2D eigenvalue weighted by molar-refractivity contribution is -0.140. The van der Waals surface area contributed by atoms with Crippen LogP contribution in [0.25, 0.3) is 22.2 Å². The van der Waals surface area contributed by atoms with Gasteiger partial charge in [-0.05, 0) is 67.7 Å². The van der Waals surface area contributed by atoms with Crippen molar-refractivity contribution in [2.45, 2.75) is 25.4 Å². The smallest absolute Gasteiger partial charge is 0.419 e. The molecule has 2 N–H and O–H groups in total. The van der Waals surface area contributed by atoms with Gasteiger partial charge in [-0.15, -0.1) is 0 Å². The molecule has 214 valence electrons. The van der Waals surface area contributed by atoms with Gasteiger partial charge in [-0.1, -0.05) is 18.2 Å². The molecule has 1 saturated heterocycles. The molecule has 1 aromatic heterocycles. The van der Waals surface area contributed by atoms with E-state index in [-0.39, 0.29) is 12.0 Å². The number of alkyl halides is 3. The molecule has 3 aromatic carbocycles. The first-order valence-electron chi connectivity index (χ1n) is 13.1. The van der Waals surface area contributed by atoms with Crippen molar-refractivity contribution in [1.82, 2.24) is 15.3 Å². The van der Waals surface area contributed by atoms with Gasteiger partial charge in [-0.3, -0.25) is 4.79 Å². The van der Waals surface area contributed by atoms with Crippen molar-refractivity contribution in [3.05, 3.63) is 77.9 Å². The Kier molecular flexibility index (Phi) is 8.34. The predicted molar refractivity (Wildman–Crippen MR) is 146 cm³/mol. The molecule has 4 aromatic rings. The lowest BCUT2D eigenvalue weighted by atomic mass is 9.99. The molecule has 0 bridgehead atoms. The molecule has 0 saturated carbocycles. The molecule has 0 spiro atoms. The van der Waals surface area contributed by atoms with Crippen molar-refractivity contribution in [3.8, 4) is 22.8 Å². The number of nitrogens with one attached hydrogen (secondary N) is 2. The second-order valence-electron chi connectivity index (χ2n) is 9.86. The van der Waals surface area contributed by atoms with Crippen LogP contribution in [0, 0.1) is 11.7 Å². The van der Waals surface area contributed by atoms with Crippen LogP contribution >= 0.6 is 0 Å². The Morgan fingerprint density at radius 3 is 2.46 bits per heavy atom. The van der Waals surface area contributed by atoms with Crippen LogP contribution in [0.5, 0.6) is 11.5 Å². The second kappa shape index (κ2) is 12.1. The SMILES string of the molecule is COc1cc2c(-c3ccc(NC(=O)Cc4ccc(C(F)(F)F)c(F)c4)cc3)ncnc2cc1OCC1CCNCC1. The number of nitrogens with zero attached hydrogens (tertiary/aromatic N) is 2. The Bertz CT molecular complexity index is 1540. The van der Waals surface area contributed by atoms with Gasteiger partial charge >= 0.3 is 6.18 Å². The van der Waals surface area contributed by atoms with Gasteiger partial charge < -0.3 is 20.1 Å². The zero-order chi connectivity index (χ0) is 29.0. The number of rotatable bonds is 8.